The molecule has 0 bridgehead atoms. The predicted molar refractivity (Wildman–Crippen MR) is 67.6 cm³/mol. The first kappa shape index (κ1) is 14.1. The Labute approximate surface area is 115 Å². The molecule has 1 aliphatic heterocycles. The Kier molecular flexibility index (Phi) is 4.09. The Morgan fingerprint density at radius 3 is 2.50 bits per heavy atom. The zero-order chi connectivity index (χ0) is 14.7. The Morgan fingerprint density at radius 2 is 1.90 bits per heavy atom. The number of aliphatic hydroxyl groups is 1. The molecule has 1 aromatic rings. The summed E-state index contributed by atoms with van der Waals surface area (Å²) < 4.78 is 11.1. The molecule has 7 nitrogen and oxygen atoms in total. The van der Waals surface area contributed by atoms with Crippen LogP contribution in [0.2, 0.25) is 0 Å². The van der Waals surface area contributed by atoms with Gasteiger partial charge in [-0.2, -0.15) is 0 Å². The molecule has 3 atom stereocenters. The van der Waals surface area contributed by atoms with Crippen molar-refractivity contribution in [1.82, 2.24) is 5.32 Å². The largest absolute Gasteiger partial charge is 0.482 e. The highest BCUT2D eigenvalue weighted by atomic mass is 16.6. The summed E-state index contributed by atoms with van der Waals surface area (Å²) in [6.45, 7) is 1.29. The van der Waals surface area contributed by atoms with E-state index in [2.05, 4.69) is 5.32 Å². The monoisotopic (exact) mass is 281 g/mol. The van der Waals surface area contributed by atoms with Gasteiger partial charge in [-0.3, -0.25) is 4.79 Å². The molecule has 2 rings (SSSR count). The van der Waals surface area contributed by atoms with E-state index in [9.17, 15) is 9.59 Å². The molecule has 20 heavy (non-hydrogen) atoms. The first-order valence-corrected chi connectivity index (χ1v) is 6.10. The minimum absolute atomic E-state index is 0.387. The molecule has 0 saturated heterocycles. The molecule has 7 heteroatoms. The van der Waals surface area contributed by atoms with Crippen molar-refractivity contribution in [3.05, 3.63) is 24.3 Å². The third-order valence-electron chi connectivity index (χ3n) is 2.86. The van der Waals surface area contributed by atoms with Crippen molar-refractivity contribution in [3.63, 3.8) is 0 Å². The number of aliphatic carboxylic acids is 1. The summed E-state index contributed by atoms with van der Waals surface area (Å²) in [5, 5.41) is 20.0. The maximum Gasteiger partial charge on any atom is 0.334 e. The molecule has 0 fully saturated rings. The Balaban J connectivity index is 1.99. The van der Waals surface area contributed by atoms with Crippen LogP contribution in [0.4, 0.5) is 0 Å². The van der Waals surface area contributed by atoms with Gasteiger partial charge in [-0.1, -0.05) is 12.1 Å². The predicted octanol–water partition coefficient (Wildman–Crippen LogP) is -0.223. The number of nitrogens with one attached hydrogen (secondary N) is 1. The van der Waals surface area contributed by atoms with Crippen molar-refractivity contribution in [2.24, 2.45) is 0 Å². The van der Waals surface area contributed by atoms with Crippen molar-refractivity contribution < 1.29 is 29.3 Å². The Bertz CT molecular complexity index is 517. The molecule has 0 saturated carbocycles. The number of ether oxygens (including phenoxy) is 2. The summed E-state index contributed by atoms with van der Waals surface area (Å²) in [6.07, 6.45) is -3.07. The van der Waals surface area contributed by atoms with E-state index in [1.54, 1.807) is 31.2 Å². The van der Waals surface area contributed by atoms with Gasteiger partial charge in [-0.15, -0.1) is 0 Å². The summed E-state index contributed by atoms with van der Waals surface area (Å²) in [5.74, 6) is -0.934. The number of fused-ring (bicyclic) bond motifs is 1. The van der Waals surface area contributed by atoms with Crippen molar-refractivity contribution in [3.8, 4) is 11.5 Å². The lowest BCUT2D eigenvalue weighted by molar-refractivity contribution is -0.146. The van der Waals surface area contributed by atoms with Gasteiger partial charge in [0.15, 0.2) is 17.6 Å². The molecule has 0 spiro atoms. The van der Waals surface area contributed by atoms with Crippen molar-refractivity contribution in [2.75, 3.05) is 6.54 Å². The Hall–Kier alpha value is -2.28. The number of amides is 1. The van der Waals surface area contributed by atoms with E-state index in [0.717, 1.165) is 0 Å². The highest BCUT2D eigenvalue weighted by molar-refractivity contribution is 5.83. The van der Waals surface area contributed by atoms with Crippen LogP contribution in [0.5, 0.6) is 11.5 Å². The van der Waals surface area contributed by atoms with Gasteiger partial charge in [0, 0.05) is 0 Å². The van der Waals surface area contributed by atoms with Crippen LogP contribution in [0.3, 0.4) is 0 Å². The van der Waals surface area contributed by atoms with Gasteiger partial charge in [0.1, 0.15) is 6.10 Å². The van der Waals surface area contributed by atoms with Crippen LogP contribution in [-0.4, -0.2) is 46.9 Å². The molecule has 0 aromatic heterocycles. The summed E-state index contributed by atoms with van der Waals surface area (Å²) in [4.78, 5) is 22.4. The molecule has 0 aliphatic carbocycles. The second kappa shape index (κ2) is 5.79. The molecule has 108 valence electrons. The standard InChI is InChI=1S/C13H15NO6/c1-7-11(12(16)14-6-8(15)13(17)18)20-10-5-3-2-4-9(10)19-7/h2-5,7-8,11,15H,6H2,1H3,(H,14,16)(H,17,18)/t7?,8-,11?/m0/s1. The van der Waals surface area contributed by atoms with Crippen LogP contribution in [-0.2, 0) is 9.59 Å². The number of benzene rings is 1. The second-order valence-electron chi connectivity index (χ2n) is 4.41. The highest BCUT2D eigenvalue weighted by Crippen LogP contribution is 2.33. The number of aliphatic hydroxyl groups excluding tert-OH is 1. The normalized spacial score (nSPS) is 21.9. The zero-order valence-electron chi connectivity index (χ0n) is 10.8. The average Bonchev–Trinajstić information content (AvgIpc) is 2.43. The van der Waals surface area contributed by atoms with Crippen LogP contribution in [0.1, 0.15) is 6.92 Å². The number of carbonyl (C=O) groups is 2. The van der Waals surface area contributed by atoms with Gasteiger partial charge in [0.05, 0.1) is 6.54 Å². The molecular weight excluding hydrogens is 266 g/mol. The molecule has 1 aromatic carbocycles. The highest BCUT2D eigenvalue weighted by Gasteiger charge is 2.34. The van der Waals surface area contributed by atoms with Crippen LogP contribution in [0.25, 0.3) is 0 Å². The fraction of sp³-hybridized carbons (Fsp3) is 0.385. The van der Waals surface area contributed by atoms with Gasteiger partial charge in [0.25, 0.3) is 5.91 Å². The third kappa shape index (κ3) is 3.00. The molecule has 1 aliphatic rings. The van der Waals surface area contributed by atoms with Crippen LogP contribution in [0, 0.1) is 0 Å². The lowest BCUT2D eigenvalue weighted by atomic mass is 10.1. The van der Waals surface area contributed by atoms with Crippen LogP contribution >= 0.6 is 0 Å². The van der Waals surface area contributed by atoms with Gasteiger partial charge < -0.3 is 25.0 Å². The molecule has 2 unspecified atom stereocenters. The van der Waals surface area contributed by atoms with Crippen LogP contribution < -0.4 is 14.8 Å². The molecule has 3 N–H and O–H groups in total. The summed E-state index contributed by atoms with van der Waals surface area (Å²) in [7, 11) is 0. The smallest absolute Gasteiger partial charge is 0.334 e. The van der Waals surface area contributed by atoms with Crippen molar-refractivity contribution >= 4 is 11.9 Å². The minimum Gasteiger partial charge on any atom is -0.482 e. The number of carbonyl (C=O) groups excluding carboxylic acids is 1. The average molecular weight is 281 g/mol. The molecular formula is C13H15NO6. The minimum atomic E-state index is -1.65. The number of rotatable bonds is 4. The topological polar surface area (TPSA) is 105 Å². The van der Waals surface area contributed by atoms with Crippen molar-refractivity contribution in [1.29, 1.82) is 0 Å². The maximum atomic E-state index is 11.9. The SMILES string of the molecule is CC1Oc2ccccc2OC1C(=O)NC[C@H](O)C(=O)O. The van der Waals surface area contributed by atoms with E-state index >= 15 is 0 Å². The van der Waals surface area contributed by atoms with Gasteiger partial charge in [0.2, 0.25) is 6.10 Å². The first-order chi connectivity index (χ1) is 9.49. The van der Waals surface area contributed by atoms with E-state index in [1.807, 2.05) is 0 Å². The van der Waals surface area contributed by atoms with Gasteiger partial charge in [-0.05, 0) is 19.1 Å². The first-order valence-electron chi connectivity index (χ1n) is 6.10. The number of carboxylic acid groups (broad SMARTS) is 1. The fourth-order valence-electron chi connectivity index (χ4n) is 1.79. The van der Waals surface area contributed by atoms with Gasteiger partial charge >= 0.3 is 5.97 Å². The number of hydrogen-bond acceptors (Lipinski definition) is 5. The fourth-order valence-corrected chi connectivity index (χ4v) is 1.79. The molecule has 1 heterocycles. The van der Waals surface area contributed by atoms with Gasteiger partial charge in [-0.25, -0.2) is 4.79 Å². The van der Waals surface area contributed by atoms with E-state index in [-0.39, 0.29) is 6.54 Å². The number of hydrogen-bond donors (Lipinski definition) is 3. The third-order valence-corrected chi connectivity index (χ3v) is 2.86. The maximum absolute atomic E-state index is 11.9. The van der Waals surface area contributed by atoms with E-state index in [4.69, 9.17) is 19.7 Å². The van der Waals surface area contributed by atoms with E-state index < -0.39 is 30.2 Å². The molecule has 0 radical (unpaired) electrons. The van der Waals surface area contributed by atoms with Crippen molar-refractivity contribution in [2.45, 2.75) is 25.2 Å². The lowest BCUT2D eigenvalue weighted by Crippen LogP contribution is -2.51. The number of carboxylic acids is 1. The zero-order valence-corrected chi connectivity index (χ0v) is 10.8. The lowest BCUT2D eigenvalue weighted by Gasteiger charge is -2.31. The quantitative estimate of drug-likeness (QED) is 0.704. The van der Waals surface area contributed by atoms with Crippen LogP contribution in [0.15, 0.2) is 24.3 Å². The van der Waals surface area contributed by atoms with E-state index in [1.165, 1.54) is 0 Å². The summed E-state index contributed by atoms with van der Waals surface area (Å²) in [6, 6.07) is 6.95. The second-order valence-corrected chi connectivity index (χ2v) is 4.41. The number of para-hydroxylation sites is 2. The van der Waals surface area contributed by atoms with E-state index in [0.29, 0.717) is 11.5 Å². The summed E-state index contributed by atoms with van der Waals surface area (Å²) in [5.41, 5.74) is 0. The summed E-state index contributed by atoms with van der Waals surface area (Å²) >= 11 is 0. The Morgan fingerprint density at radius 1 is 1.30 bits per heavy atom. The molecule has 1 amide bonds.